The molecule has 20 heavy (non-hydrogen) atoms. The molecule has 2 rings (SSSR count). The Hall–Kier alpha value is -1.65. The van der Waals surface area contributed by atoms with Crippen molar-refractivity contribution in [3.05, 3.63) is 59.1 Å². The number of hydrogen-bond acceptors (Lipinski definition) is 3. The van der Waals surface area contributed by atoms with E-state index in [2.05, 4.69) is 10.3 Å². The Morgan fingerprint density at radius 2 is 2.20 bits per heavy atom. The van der Waals surface area contributed by atoms with Crippen molar-refractivity contribution in [2.45, 2.75) is 13.0 Å². The number of benzene rings is 1. The highest BCUT2D eigenvalue weighted by atomic mass is 35.5. The van der Waals surface area contributed by atoms with E-state index in [4.69, 9.17) is 16.3 Å². The average molecular weight is 295 g/mol. The van der Waals surface area contributed by atoms with Gasteiger partial charge >= 0.3 is 0 Å². The van der Waals surface area contributed by atoms with Gasteiger partial charge in [-0.3, -0.25) is 4.98 Å². The lowest BCUT2D eigenvalue weighted by Gasteiger charge is -2.18. The van der Waals surface area contributed by atoms with Gasteiger partial charge in [0.2, 0.25) is 0 Å². The predicted molar refractivity (Wildman–Crippen MR) is 77.6 cm³/mol. The Labute approximate surface area is 122 Å². The van der Waals surface area contributed by atoms with Crippen LogP contribution in [0.3, 0.4) is 0 Å². The quantitative estimate of drug-likeness (QED) is 0.884. The van der Waals surface area contributed by atoms with E-state index in [-0.39, 0.29) is 11.9 Å². The zero-order valence-electron chi connectivity index (χ0n) is 11.1. The number of likely N-dealkylation sites (N-methyl/N-ethyl adjacent to an activating group) is 1. The van der Waals surface area contributed by atoms with Crippen molar-refractivity contribution in [2.75, 3.05) is 13.2 Å². The average Bonchev–Trinajstić information content (AvgIpc) is 2.43. The van der Waals surface area contributed by atoms with Gasteiger partial charge in [-0.25, -0.2) is 4.39 Å². The monoisotopic (exact) mass is 294 g/mol. The van der Waals surface area contributed by atoms with Crippen molar-refractivity contribution in [1.82, 2.24) is 10.3 Å². The Morgan fingerprint density at radius 3 is 2.90 bits per heavy atom. The number of nitrogens with zero attached hydrogens (tertiary/aromatic N) is 1. The van der Waals surface area contributed by atoms with Crippen LogP contribution < -0.4 is 10.1 Å². The van der Waals surface area contributed by atoms with Crippen molar-refractivity contribution < 1.29 is 9.13 Å². The fourth-order valence-corrected chi connectivity index (χ4v) is 2.05. The lowest BCUT2D eigenvalue weighted by molar-refractivity contribution is 0.267. The molecule has 0 spiro atoms. The summed E-state index contributed by atoms with van der Waals surface area (Å²) in [6, 6.07) is 8.52. The number of nitrogens with one attached hydrogen (secondary N) is 1. The summed E-state index contributed by atoms with van der Waals surface area (Å²) in [6.45, 7) is 3.11. The van der Waals surface area contributed by atoms with Crippen molar-refractivity contribution in [3.8, 4) is 5.75 Å². The molecule has 1 aromatic carbocycles. The SMILES string of the molecule is CCNC(COc1cccc(Cl)c1)c1cncc(F)c1. The molecule has 0 aliphatic carbocycles. The van der Waals surface area contributed by atoms with E-state index in [0.29, 0.717) is 17.4 Å². The molecule has 0 saturated carbocycles. The molecule has 0 fully saturated rings. The molecule has 0 aliphatic heterocycles. The van der Waals surface area contributed by atoms with Crippen LogP contribution in [0.25, 0.3) is 0 Å². The van der Waals surface area contributed by atoms with Gasteiger partial charge in [0.15, 0.2) is 0 Å². The summed E-state index contributed by atoms with van der Waals surface area (Å²) in [5, 5.41) is 3.87. The molecular formula is C15H16ClFN2O. The Bertz CT molecular complexity index is 565. The minimum Gasteiger partial charge on any atom is -0.492 e. The minimum atomic E-state index is -0.354. The summed E-state index contributed by atoms with van der Waals surface area (Å²) < 4.78 is 18.9. The van der Waals surface area contributed by atoms with E-state index in [9.17, 15) is 4.39 Å². The zero-order valence-corrected chi connectivity index (χ0v) is 11.9. The van der Waals surface area contributed by atoms with E-state index in [0.717, 1.165) is 12.1 Å². The van der Waals surface area contributed by atoms with Gasteiger partial charge in [0.05, 0.1) is 12.2 Å². The second-order valence-electron chi connectivity index (χ2n) is 4.32. The Balaban J connectivity index is 2.06. The normalized spacial score (nSPS) is 12.2. The van der Waals surface area contributed by atoms with Crippen molar-refractivity contribution >= 4 is 11.6 Å². The molecule has 3 nitrogen and oxygen atoms in total. The number of ether oxygens (including phenoxy) is 1. The molecule has 1 aromatic heterocycles. The molecule has 0 aliphatic rings. The highest BCUT2D eigenvalue weighted by Crippen LogP contribution is 2.20. The minimum absolute atomic E-state index is 0.123. The van der Waals surface area contributed by atoms with Gasteiger partial charge in [-0.2, -0.15) is 0 Å². The molecular weight excluding hydrogens is 279 g/mol. The van der Waals surface area contributed by atoms with Crippen LogP contribution in [0.1, 0.15) is 18.5 Å². The lowest BCUT2D eigenvalue weighted by Crippen LogP contribution is -2.26. The summed E-state index contributed by atoms with van der Waals surface area (Å²) in [4.78, 5) is 3.86. The number of rotatable bonds is 6. The Kier molecular flexibility index (Phi) is 5.32. The van der Waals surface area contributed by atoms with Crippen LogP contribution in [-0.4, -0.2) is 18.1 Å². The van der Waals surface area contributed by atoms with E-state index >= 15 is 0 Å². The molecule has 0 bridgehead atoms. The first-order valence-corrected chi connectivity index (χ1v) is 6.79. The van der Waals surface area contributed by atoms with Gasteiger partial charge in [-0.15, -0.1) is 0 Å². The molecule has 1 unspecified atom stereocenters. The molecule has 2 aromatic rings. The highest BCUT2D eigenvalue weighted by Gasteiger charge is 2.12. The maximum absolute atomic E-state index is 13.2. The molecule has 5 heteroatoms. The summed E-state index contributed by atoms with van der Waals surface area (Å²) in [7, 11) is 0. The van der Waals surface area contributed by atoms with Crippen LogP contribution >= 0.6 is 11.6 Å². The van der Waals surface area contributed by atoms with Crippen LogP contribution in [0, 0.1) is 5.82 Å². The third-order valence-corrected chi connectivity index (χ3v) is 3.03. The third kappa shape index (κ3) is 4.18. The fraction of sp³-hybridized carbons (Fsp3) is 0.267. The van der Waals surface area contributed by atoms with Gasteiger partial charge in [0, 0.05) is 11.2 Å². The molecule has 0 radical (unpaired) electrons. The molecule has 1 heterocycles. The van der Waals surface area contributed by atoms with E-state index in [1.54, 1.807) is 18.3 Å². The first kappa shape index (κ1) is 14.8. The first-order chi connectivity index (χ1) is 9.69. The van der Waals surface area contributed by atoms with Crippen LogP contribution in [0.4, 0.5) is 4.39 Å². The van der Waals surface area contributed by atoms with E-state index in [1.165, 1.54) is 12.3 Å². The van der Waals surface area contributed by atoms with Gasteiger partial charge in [-0.05, 0) is 36.4 Å². The summed E-state index contributed by atoms with van der Waals surface area (Å²) in [5.41, 5.74) is 0.758. The highest BCUT2D eigenvalue weighted by molar-refractivity contribution is 6.30. The van der Waals surface area contributed by atoms with Gasteiger partial charge in [0.25, 0.3) is 0 Å². The predicted octanol–water partition coefficient (Wildman–Crippen LogP) is 3.60. The maximum atomic E-state index is 13.2. The van der Waals surface area contributed by atoms with Crippen molar-refractivity contribution in [1.29, 1.82) is 0 Å². The number of hydrogen-bond donors (Lipinski definition) is 1. The second-order valence-corrected chi connectivity index (χ2v) is 4.75. The lowest BCUT2D eigenvalue weighted by atomic mass is 10.1. The van der Waals surface area contributed by atoms with Crippen LogP contribution in [0.2, 0.25) is 5.02 Å². The van der Waals surface area contributed by atoms with Gasteiger partial charge in [-0.1, -0.05) is 24.6 Å². The standard InChI is InChI=1S/C15H16ClFN2O/c1-2-19-15(11-6-13(17)9-18-8-11)10-20-14-5-3-4-12(16)7-14/h3-9,15,19H,2,10H2,1H3. The van der Waals surface area contributed by atoms with Gasteiger partial charge in [0.1, 0.15) is 18.2 Å². The smallest absolute Gasteiger partial charge is 0.141 e. The molecule has 106 valence electrons. The van der Waals surface area contributed by atoms with Gasteiger partial charge < -0.3 is 10.1 Å². The van der Waals surface area contributed by atoms with Crippen molar-refractivity contribution in [3.63, 3.8) is 0 Å². The van der Waals surface area contributed by atoms with Crippen molar-refractivity contribution in [2.24, 2.45) is 0 Å². The number of pyridine rings is 1. The van der Waals surface area contributed by atoms with Crippen LogP contribution in [0.5, 0.6) is 5.75 Å². The zero-order chi connectivity index (χ0) is 14.4. The topological polar surface area (TPSA) is 34.1 Å². The molecule has 1 N–H and O–H groups in total. The largest absolute Gasteiger partial charge is 0.492 e. The number of halogens is 2. The summed E-state index contributed by atoms with van der Waals surface area (Å²) in [5.74, 6) is 0.331. The van der Waals surface area contributed by atoms with E-state index in [1.807, 2.05) is 19.1 Å². The summed E-state index contributed by atoms with van der Waals surface area (Å²) in [6.07, 6.45) is 2.82. The molecule has 1 atom stereocenters. The first-order valence-electron chi connectivity index (χ1n) is 6.41. The molecule has 0 amide bonds. The third-order valence-electron chi connectivity index (χ3n) is 2.79. The summed E-state index contributed by atoms with van der Waals surface area (Å²) >= 11 is 5.90. The fourth-order valence-electron chi connectivity index (χ4n) is 1.87. The number of aromatic nitrogens is 1. The second kappa shape index (κ2) is 7.22. The Morgan fingerprint density at radius 1 is 1.35 bits per heavy atom. The van der Waals surface area contributed by atoms with E-state index < -0.39 is 0 Å². The van der Waals surface area contributed by atoms with Crippen LogP contribution in [0.15, 0.2) is 42.7 Å². The molecule has 0 saturated heterocycles. The van der Waals surface area contributed by atoms with Crippen LogP contribution in [-0.2, 0) is 0 Å². The maximum Gasteiger partial charge on any atom is 0.141 e.